The highest BCUT2D eigenvalue weighted by Gasteiger charge is 2.36. The molecule has 3 aliphatic rings. The molecule has 1 aliphatic heterocycles. The largest absolute Gasteiger partial charge is 0.170 e. The van der Waals surface area contributed by atoms with Gasteiger partial charge in [0.1, 0.15) is 0 Å². The van der Waals surface area contributed by atoms with Crippen LogP contribution >= 0.6 is 9.89 Å². The Morgan fingerprint density at radius 1 is 1.05 bits per heavy atom. The van der Waals surface area contributed by atoms with E-state index in [1.165, 1.54) is 16.7 Å². The summed E-state index contributed by atoms with van der Waals surface area (Å²) in [6, 6.07) is 11.2. The molecule has 1 aromatic rings. The highest BCUT2D eigenvalue weighted by molar-refractivity contribution is 8.25. The minimum absolute atomic E-state index is 0.359. The van der Waals surface area contributed by atoms with Crippen LogP contribution in [0.4, 0.5) is 0 Å². The monoisotopic (exact) mass is 320 g/mol. The summed E-state index contributed by atoms with van der Waals surface area (Å²) in [5.41, 5.74) is 6.15. The molecule has 0 spiro atoms. The minimum atomic E-state index is -0.391. The second-order valence-electron chi connectivity index (χ2n) is 6.08. The maximum absolute atomic E-state index is 2.48. The second kappa shape index (κ2) is 5.60. The van der Waals surface area contributed by atoms with E-state index in [0.29, 0.717) is 15.1 Å². The molecule has 0 radical (unpaired) electrons. The zero-order valence-corrected chi connectivity index (χ0v) is 14.9. The van der Waals surface area contributed by atoms with Crippen molar-refractivity contribution >= 4 is 17.4 Å². The predicted octanol–water partition coefficient (Wildman–Crippen LogP) is 5.90. The highest BCUT2D eigenvalue weighted by Crippen LogP contribution is 2.60. The number of benzene rings is 1. The van der Waals surface area contributed by atoms with E-state index in [-0.39, 0.29) is 0 Å². The number of hydrogen-bond donors (Lipinski definition) is 0. The quantitative estimate of drug-likeness (QED) is 0.595. The van der Waals surface area contributed by atoms with Gasteiger partial charge in [-0.3, -0.25) is 0 Å². The topological polar surface area (TPSA) is 0 Å². The molecule has 0 amide bonds. The molecule has 2 heteroatoms. The zero-order chi connectivity index (χ0) is 15.1. The van der Waals surface area contributed by atoms with Crippen molar-refractivity contribution in [3.05, 3.63) is 94.0 Å². The Bertz CT molecular complexity index is 813. The van der Waals surface area contributed by atoms with E-state index < -0.39 is 7.50 Å². The van der Waals surface area contributed by atoms with Crippen molar-refractivity contribution in [3.63, 3.8) is 0 Å². The molecular weight excluding hydrogens is 300 g/mol. The average Bonchev–Trinajstić information content (AvgIpc) is 3.23. The highest BCUT2D eigenvalue weighted by atomic mass is 32.3. The third-order valence-electron chi connectivity index (χ3n) is 4.46. The van der Waals surface area contributed by atoms with Crippen molar-refractivity contribution < 1.29 is 0 Å². The SMILES string of the molecule is C[Si](C)=S1C2=CC=CC2=C(C2=CC=CC2)C1c1ccccc1. The fraction of sp³-hybridized carbons (Fsp3) is 0.200. The molecule has 0 N–H and O–H groups in total. The summed E-state index contributed by atoms with van der Waals surface area (Å²) >= 11 is 0. The Morgan fingerprint density at radius 2 is 1.86 bits per heavy atom. The molecule has 0 saturated heterocycles. The van der Waals surface area contributed by atoms with E-state index in [4.69, 9.17) is 0 Å². The molecule has 4 rings (SSSR count). The number of rotatable bonds is 2. The van der Waals surface area contributed by atoms with E-state index in [1.807, 2.05) is 0 Å². The van der Waals surface area contributed by atoms with Gasteiger partial charge < -0.3 is 0 Å². The average molecular weight is 321 g/mol. The van der Waals surface area contributed by atoms with Crippen LogP contribution in [0.1, 0.15) is 17.2 Å². The van der Waals surface area contributed by atoms with E-state index in [1.54, 1.807) is 10.5 Å². The molecule has 0 nitrogen and oxygen atoms in total. The summed E-state index contributed by atoms with van der Waals surface area (Å²) in [7, 11) is -0.0330. The summed E-state index contributed by atoms with van der Waals surface area (Å²) in [5.74, 6) is 0. The fourth-order valence-corrected chi connectivity index (χ4v) is 10.4. The van der Waals surface area contributed by atoms with Gasteiger partial charge in [0.25, 0.3) is 0 Å². The Morgan fingerprint density at radius 3 is 2.55 bits per heavy atom. The minimum Gasteiger partial charge on any atom is -0.170 e. The molecule has 2 aliphatic carbocycles. The number of fused-ring (bicyclic) bond motifs is 1. The molecule has 0 aromatic heterocycles. The third-order valence-corrected chi connectivity index (χ3v) is 11.2. The van der Waals surface area contributed by atoms with E-state index >= 15 is 0 Å². The summed E-state index contributed by atoms with van der Waals surface area (Å²) in [5, 5.41) is 0.572. The van der Waals surface area contributed by atoms with Gasteiger partial charge in [0.2, 0.25) is 0 Å². The molecule has 22 heavy (non-hydrogen) atoms. The van der Waals surface area contributed by atoms with Gasteiger partial charge in [0.05, 0.1) is 0 Å². The Balaban J connectivity index is 1.96. The van der Waals surface area contributed by atoms with Crippen LogP contribution in [-0.4, -0.2) is 7.50 Å². The summed E-state index contributed by atoms with van der Waals surface area (Å²) < 4.78 is 0. The van der Waals surface area contributed by atoms with E-state index in [0.717, 1.165) is 6.42 Å². The number of allylic oxidation sites excluding steroid dienone is 8. The maximum atomic E-state index is 2.48. The molecule has 0 saturated carbocycles. The number of hydrogen-bond acceptors (Lipinski definition) is 0. The van der Waals surface area contributed by atoms with Crippen LogP contribution in [0.2, 0.25) is 13.1 Å². The van der Waals surface area contributed by atoms with Gasteiger partial charge in [-0.1, -0.05) is 73.8 Å². The normalized spacial score (nSPS) is 25.5. The van der Waals surface area contributed by atoms with Crippen molar-refractivity contribution in [1.82, 2.24) is 0 Å². The maximum Gasteiger partial charge on any atom is 0.0494 e. The smallest absolute Gasteiger partial charge is 0.0494 e. The zero-order valence-electron chi connectivity index (χ0n) is 13.0. The van der Waals surface area contributed by atoms with Crippen LogP contribution in [0.5, 0.6) is 0 Å². The van der Waals surface area contributed by atoms with Gasteiger partial charge in [-0.05, 0) is 34.8 Å². The third kappa shape index (κ3) is 2.13. The van der Waals surface area contributed by atoms with Crippen molar-refractivity contribution in [2.24, 2.45) is 0 Å². The Labute approximate surface area is 136 Å². The van der Waals surface area contributed by atoms with Crippen LogP contribution in [0.15, 0.2) is 88.4 Å². The van der Waals surface area contributed by atoms with Gasteiger partial charge in [-0.2, -0.15) is 9.89 Å². The van der Waals surface area contributed by atoms with Gasteiger partial charge in [-0.25, -0.2) is 0 Å². The summed E-state index contributed by atoms with van der Waals surface area (Å²) in [6.07, 6.45) is 14.9. The first-order valence-electron chi connectivity index (χ1n) is 7.84. The van der Waals surface area contributed by atoms with Gasteiger partial charge in [-0.15, -0.1) is 0 Å². The molecule has 1 heterocycles. The lowest BCUT2D eigenvalue weighted by Crippen LogP contribution is -2.02. The molecule has 1 aromatic carbocycles. The lowest BCUT2D eigenvalue weighted by Gasteiger charge is -2.22. The molecule has 0 fully saturated rings. The van der Waals surface area contributed by atoms with Gasteiger partial charge in [0.15, 0.2) is 0 Å². The first-order valence-corrected chi connectivity index (χ1v) is 12.4. The van der Waals surface area contributed by atoms with Crippen LogP contribution in [0.25, 0.3) is 0 Å². The van der Waals surface area contributed by atoms with Gasteiger partial charge >= 0.3 is 0 Å². The molecule has 110 valence electrons. The first-order chi connectivity index (χ1) is 10.8. The fourth-order valence-electron chi connectivity index (χ4n) is 3.58. The summed E-state index contributed by atoms with van der Waals surface area (Å²) in [4.78, 5) is 1.62. The van der Waals surface area contributed by atoms with Crippen LogP contribution in [0, 0.1) is 0 Å². The lowest BCUT2D eigenvalue weighted by molar-refractivity contribution is 1.09. The molecule has 2 unspecified atom stereocenters. The predicted molar refractivity (Wildman–Crippen MR) is 100 cm³/mol. The first kappa shape index (κ1) is 14.1. The van der Waals surface area contributed by atoms with Crippen LogP contribution < -0.4 is 0 Å². The van der Waals surface area contributed by atoms with Crippen molar-refractivity contribution in [3.8, 4) is 0 Å². The second-order valence-corrected chi connectivity index (χ2v) is 13.3. The van der Waals surface area contributed by atoms with Crippen LogP contribution in [0.3, 0.4) is 0 Å². The Kier molecular flexibility index (Phi) is 3.59. The van der Waals surface area contributed by atoms with E-state index in [2.05, 4.69) is 79.9 Å². The molecular formula is C20H20SSi. The lowest BCUT2D eigenvalue weighted by atomic mass is 9.93. The summed E-state index contributed by atoms with van der Waals surface area (Å²) in [6.45, 7) is 4.95. The molecule has 0 bridgehead atoms. The van der Waals surface area contributed by atoms with Crippen LogP contribution in [-0.2, 0) is 0 Å². The molecule has 2 atom stereocenters. The standard InChI is InChI=1S/C20H20SSi/c1-22(2)21-18-14-8-13-17(18)19(15-9-6-7-10-15)20(21)16-11-4-3-5-12-16/h3-9,11-14,20H,10H2,1-2H3. The van der Waals surface area contributed by atoms with Crippen molar-refractivity contribution in [2.75, 3.05) is 0 Å². The Hall–Kier alpha value is -1.51. The van der Waals surface area contributed by atoms with Crippen molar-refractivity contribution in [1.29, 1.82) is 0 Å². The van der Waals surface area contributed by atoms with Crippen molar-refractivity contribution in [2.45, 2.75) is 24.8 Å². The van der Waals surface area contributed by atoms with Gasteiger partial charge in [0, 0.05) is 17.7 Å². The van der Waals surface area contributed by atoms with E-state index in [9.17, 15) is 0 Å².